The van der Waals surface area contributed by atoms with Crippen molar-refractivity contribution in [3.05, 3.63) is 28.4 Å². The number of nitro groups is 1. The fraction of sp³-hybridized carbons (Fsp3) is 0.583. The lowest BCUT2D eigenvalue weighted by Gasteiger charge is -2.23. The fourth-order valence-electron chi connectivity index (χ4n) is 1.84. The molecule has 6 nitrogen and oxygen atoms in total. The molecule has 0 saturated heterocycles. The quantitative estimate of drug-likeness (QED) is 0.594. The monoisotopic (exact) mass is 252 g/mol. The third kappa shape index (κ3) is 3.96. The van der Waals surface area contributed by atoms with Gasteiger partial charge in [0, 0.05) is 12.6 Å². The van der Waals surface area contributed by atoms with E-state index in [-0.39, 0.29) is 11.9 Å². The van der Waals surface area contributed by atoms with Gasteiger partial charge in [0.25, 0.3) is 0 Å². The van der Waals surface area contributed by atoms with Crippen molar-refractivity contribution in [2.75, 3.05) is 25.0 Å². The van der Waals surface area contributed by atoms with Crippen LogP contribution in [0.4, 0.5) is 11.5 Å². The minimum Gasteiger partial charge on any atom is -0.374 e. The van der Waals surface area contributed by atoms with E-state index in [1.54, 1.807) is 12.1 Å². The molecule has 1 unspecified atom stereocenters. The van der Waals surface area contributed by atoms with Gasteiger partial charge < -0.3 is 20.3 Å². The second-order valence-electron chi connectivity index (χ2n) is 4.16. The lowest BCUT2D eigenvalue weighted by molar-refractivity contribution is -0.388. The summed E-state index contributed by atoms with van der Waals surface area (Å²) in [4.78, 5) is 16.4. The minimum atomic E-state index is -0.466. The average Bonchev–Trinajstić information content (AvgIpc) is 2.36. The highest BCUT2D eigenvalue weighted by atomic mass is 16.6. The molecule has 0 fully saturated rings. The number of aromatic nitrogens is 1. The van der Waals surface area contributed by atoms with E-state index < -0.39 is 4.92 Å². The Kier molecular flexibility index (Phi) is 5.51. The first kappa shape index (κ1) is 14.4. The standard InChI is InChI=1S/C12H20N4O2/c1-4-15(5-2)9-10(3)14-11-7-6-8-13-12(11)16(17)18/h6-8,10,14H,4-5,9H2,1-3H3. The van der Waals surface area contributed by atoms with Crippen molar-refractivity contribution in [2.45, 2.75) is 26.8 Å². The highest BCUT2D eigenvalue weighted by Gasteiger charge is 2.16. The van der Waals surface area contributed by atoms with Gasteiger partial charge in [-0.15, -0.1) is 0 Å². The molecule has 1 atom stereocenters. The fourth-order valence-corrected chi connectivity index (χ4v) is 1.84. The first-order valence-corrected chi connectivity index (χ1v) is 6.16. The second kappa shape index (κ2) is 6.90. The molecule has 1 N–H and O–H groups in total. The van der Waals surface area contributed by atoms with Crippen molar-refractivity contribution in [1.82, 2.24) is 9.88 Å². The zero-order chi connectivity index (χ0) is 13.5. The molecule has 0 saturated carbocycles. The van der Waals surface area contributed by atoms with E-state index in [2.05, 4.69) is 29.0 Å². The predicted molar refractivity (Wildman–Crippen MR) is 71.8 cm³/mol. The highest BCUT2D eigenvalue weighted by Crippen LogP contribution is 2.20. The number of likely N-dealkylation sites (N-methyl/N-ethyl adjacent to an activating group) is 1. The molecule has 0 spiro atoms. The Hall–Kier alpha value is -1.69. The maximum atomic E-state index is 10.8. The molecule has 1 aromatic rings. The summed E-state index contributed by atoms with van der Waals surface area (Å²) in [5.74, 6) is -0.121. The molecule has 0 amide bonds. The molecule has 0 aliphatic carbocycles. The number of anilines is 1. The molecule has 1 rings (SSSR count). The minimum absolute atomic E-state index is 0.121. The molecule has 100 valence electrons. The van der Waals surface area contributed by atoms with E-state index in [9.17, 15) is 10.1 Å². The molecular formula is C12H20N4O2. The first-order chi connectivity index (χ1) is 8.58. The lowest BCUT2D eigenvalue weighted by Crippen LogP contribution is -2.34. The number of nitrogens with one attached hydrogen (secondary N) is 1. The van der Waals surface area contributed by atoms with E-state index in [0.717, 1.165) is 19.6 Å². The predicted octanol–water partition coefficient (Wildman–Crippen LogP) is 2.13. The van der Waals surface area contributed by atoms with Crippen LogP contribution in [-0.2, 0) is 0 Å². The van der Waals surface area contributed by atoms with Crippen molar-refractivity contribution in [3.63, 3.8) is 0 Å². The van der Waals surface area contributed by atoms with Gasteiger partial charge in [-0.1, -0.05) is 13.8 Å². The van der Waals surface area contributed by atoms with E-state index in [0.29, 0.717) is 5.69 Å². The van der Waals surface area contributed by atoms with Gasteiger partial charge in [0.15, 0.2) is 0 Å². The van der Waals surface area contributed by atoms with Crippen molar-refractivity contribution in [3.8, 4) is 0 Å². The molecule has 18 heavy (non-hydrogen) atoms. The molecular weight excluding hydrogens is 232 g/mol. The van der Waals surface area contributed by atoms with Gasteiger partial charge >= 0.3 is 5.82 Å². The molecule has 0 radical (unpaired) electrons. The maximum absolute atomic E-state index is 10.8. The van der Waals surface area contributed by atoms with Crippen molar-refractivity contribution >= 4 is 11.5 Å². The van der Waals surface area contributed by atoms with Gasteiger partial charge in [0.1, 0.15) is 11.9 Å². The number of rotatable bonds is 7. The van der Waals surface area contributed by atoms with Crippen LogP contribution in [0.3, 0.4) is 0 Å². The van der Waals surface area contributed by atoms with E-state index in [1.807, 2.05) is 6.92 Å². The third-order valence-corrected chi connectivity index (χ3v) is 2.79. The van der Waals surface area contributed by atoms with Gasteiger partial charge in [-0.3, -0.25) is 0 Å². The number of pyridine rings is 1. The van der Waals surface area contributed by atoms with Gasteiger partial charge in [-0.05, 0) is 42.1 Å². The van der Waals surface area contributed by atoms with Crippen molar-refractivity contribution in [2.24, 2.45) is 0 Å². The average molecular weight is 252 g/mol. The van der Waals surface area contributed by atoms with Crippen LogP contribution in [0.5, 0.6) is 0 Å². The molecule has 0 aliphatic rings. The molecule has 6 heteroatoms. The summed E-state index contributed by atoms with van der Waals surface area (Å²) >= 11 is 0. The van der Waals surface area contributed by atoms with Gasteiger partial charge in [0.2, 0.25) is 0 Å². The van der Waals surface area contributed by atoms with Crippen LogP contribution < -0.4 is 5.32 Å². The van der Waals surface area contributed by atoms with Crippen LogP contribution >= 0.6 is 0 Å². The largest absolute Gasteiger partial charge is 0.386 e. The summed E-state index contributed by atoms with van der Waals surface area (Å²) in [6, 6.07) is 3.51. The summed E-state index contributed by atoms with van der Waals surface area (Å²) in [6.07, 6.45) is 1.43. The van der Waals surface area contributed by atoms with Gasteiger partial charge in [-0.25, -0.2) is 0 Å². The zero-order valence-corrected chi connectivity index (χ0v) is 11.1. The van der Waals surface area contributed by atoms with Crippen LogP contribution in [0.15, 0.2) is 18.3 Å². The topological polar surface area (TPSA) is 71.3 Å². The Bertz CT molecular complexity index is 393. The van der Waals surface area contributed by atoms with Gasteiger partial charge in [-0.2, -0.15) is 0 Å². The summed E-state index contributed by atoms with van der Waals surface area (Å²) in [5, 5.41) is 14.0. The van der Waals surface area contributed by atoms with Crippen LogP contribution in [0.2, 0.25) is 0 Å². The van der Waals surface area contributed by atoms with Crippen LogP contribution in [0, 0.1) is 10.1 Å². The lowest BCUT2D eigenvalue weighted by atomic mass is 10.2. The molecule has 0 aromatic carbocycles. The summed E-state index contributed by atoms with van der Waals surface area (Å²) in [6.45, 7) is 8.99. The summed E-state index contributed by atoms with van der Waals surface area (Å²) < 4.78 is 0. The molecule has 1 aromatic heterocycles. The van der Waals surface area contributed by atoms with E-state index in [1.165, 1.54) is 6.20 Å². The third-order valence-electron chi connectivity index (χ3n) is 2.79. The number of nitrogens with zero attached hydrogens (tertiary/aromatic N) is 3. The van der Waals surface area contributed by atoms with Crippen LogP contribution in [0.25, 0.3) is 0 Å². The Labute approximate surface area is 107 Å². The molecule has 0 aliphatic heterocycles. The van der Waals surface area contributed by atoms with Crippen LogP contribution in [0.1, 0.15) is 20.8 Å². The number of hydrogen-bond acceptors (Lipinski definition) is 5. The Morgan fingerprint density at radius 3 is 2.72 bits per heavy atom. The molecule has 1 heterocycles. The van der Waals surface area contributed by atoms with E-state index >= 15 is 0 Å². The zero-order valence-electron chi connectivity index (χ0n) is 11.1. The smallest absolute Gasteiger partial charge is 0.374 e. The molecule has 0 bridgehead atoms. The maximum Gasteiger partial charge on any atom is 0.386 e. The summed E-state index contributed by atoms with van der Waals surface area (Å²) in [5.41, 5.74) is 0.474. The SMILES string of the molecule is CCN(CC)CC(C)Nc1cccnc1[N+](=O)[O-]. The van der Waals surface area contributed by atoms with Crippen molar-refractivity contribution in [1.29, 1.82) is 0 Å². The Balaban J connectivity index is 2.69. The normalized spacial score (nSPS) is 12.4. The summed E-state index contributed by atoms with van der Waals surface area (Å²) in [7, 11) is 0. The Morgan fingerprint density at radius 2 is 2.17 bits per heavy atom. The highest BCUT2D eigenvalue weighted by molar-refractivity contribution is 5.57. The van der Waals surface area contributed by atoms with E-state index in [4.69, 9.17) is 0 Å². The Morgan fingerprint density at radius 1 is 1.50 bits per heavy atom. The van der Waals surface area contributed by atoms with Gasteiger partial charge in [0.05, 0.1) is 0 Å². The number of hydrogen-bond donors (Lipinski definition) is 1. The first-order valence-electron chi connectivity index (χ1n) is 6.16. The van der Waals surface area contributed by atoms with Crippen molar-refractivity contribution < 1.29 is 4.92 Å². The van der Waals surface area contributed by atoms with Crippen LogP contribution in [-0.4, -0.2) is 40.5 Å². The second-order valence-corrected chi connectivity index (χ2v) is 4.16.